The molecule has 24 heavy (non-hydrogen) atoms. The van der Waals surface area contributed by atoms with Gasteiger partial charge in [0.15, 0.2) is 0 Å². The first-order chi connectivity index (χ1) is 11.7. The van der Waals surface area contributed by atoms with Crippen LogP contribution in [0.3, 0.4) is 0 Å². The molecule has 3 rings (SSSR count). The molecular formula is C18H20N4OS. The molecule has 124 valence electrons. The molecule has 0 atom stereocenters. The van der Waals surface area contributed by atoms with Gasteiger partial charge in [-0.2, -0.15) is 5.10 Å². The van der Waals surface area contributed by atoms with Gasteiger partial charge in [0.25, 0.3) is 0 Å². The predicted molar refractivity (Wildman–Crippen MR) is 95.5 cm³/mol. The van der Waals surface area contributed by atoms with Crippen LogP contribution in [0.1, 0.15) is 22.4 Å². The number of carbonyl (C=O) groups is 1. The third-order valence-corrected chi connectivity index (χ3v) is 4.88. The molecular weight excluding hydrogens is 320 g/mol. The fourth-order valence-corrected chi connectivity index (χ4v) is 3.23. The third kappa shape index (κ3) is 4.29. The largest absolute Gasteiger partial charge is 0.355 e. The second-order valence-electron chi connectivity index (χ2n) is 5.47. The normalized spacial score (nSPS) is 10.7. The molecule has 0 spiro atoms. The highest BCUT2D eigenvalue weighted by atomic mass is 32.1. The third-order valence-electron chi connectivity index (χ3n) is 3.68. The molecule has 0 aliphatic heterocycles. The second-order valence-corrected chi connectivity index (χ2v) is 6.67. The van der Waals surface area contributed by atoms with Crippen molar-refractivity contribution in [1.29, 1.82) is 0 Å². The van der Waals surface area contributed by atoms with Crippen LogP contribution in [0.2, 0.25) is 0 Å². The maximum absolute atomic E-state index is 12.0. The van der Waals surface area contributed by atoms with E-state index in [0.717, 1.165) is 29.1 Å². The molecule has 3 aromatic rings. The molecule has 0 bridgehead atoms. The number of rotatable bonds is 7. The number of thiazole rings is 1. The summed E-state index contributed by atoms with van der Waals surface area (Å²) in [6, 6.07) is 9.75. The quantitative estimate of drug-likeness (QED) is 0.719. The molecule has 0 unspecified atom stereocenters. The van der Waals surface area contributed by atoms with E-state index in [-0.39, 0.29) is 5.91 Å². The minimum Gasteiger partial charge on any atom is -0.355 e. The Kier molecular flexibility index (Phi) is 5.38. The Balaban J connectivity index is 1.46. The summed E-state index contributed by atoms with van der Waals surface area (Å²) in [7, 11) is 0. The monoisotopic (exact) mass is 340 g/mol. The Bertz CT molecular complexity index is 778. The topological polar surface area (TPSA) is 59.8 Å². The maximum Gasteiger partial charge on any atom is 0.224 e. The average molecular weight is 340 g/mol. The lowest BCUT2D eigenvalue weighted by atomic mass is 10.1. The van der Waals surface area contributed by atoms with Gasteiger partial charge in [-0.05, 0) is 30.2 Å². The SMILES string of the molecule is CCc1cnc(CCNC(=O)Cc2ccc(-n3cccn3)cc2)s1. The Labute approximate surface area is 145 Å². The van der Waals surface area contributed by atoms with Crippen molar-refractivity contribution < 1.29 is 4.79 Å². The molecule has 0 saturated heterocycles. The smallest absolute Gasteiger partial charge is 0.224 e. The van der Waals surface area contributed by atoms with Gasteiger partial charge in [0.2, 0.25) is 5.91 Å². The zero-order valence-corrected chi connectivity index (χ0v) is 14.4. The molecule has 0 aliphatic rings. The number of hydrogen-bond donors (Lipinski definition) is 1. The van der Waals surface area contributed by atoms with Gasteiger partial charge in [0.1, 0.15) is 0 Å². The number of amides is 1. The van der Waals surface area contributed by atoms with Gasteiger partial charge in [-0.15, -0.1) is 11.3 Å². The highest BCUT2D eigenvalue weighted by Crippen LogP contribution is 2.13. The molecule has 1 aromatic carbocycles. The van der Waals surface area contributed by atoms with E-state index in [0.29, 0.717) is 13.0 Å². The van der Waals surface area contributed by atoms with Crippen molar-refractivity contribution in [2.75, 3.05) is 6.54 Å². The van der Waals surface area contributed by atoms with E-state index >= 15 is 0 Å². The van der Waals surface area contributed by atoms with Gasteiger partial charge in [-0.25, -0.2) is 9.67 Å². The number of benzene rings is 1. The van der Waals surface area contributed by atoms with Crippen LogP contribution in [0.4, 0.5) is 0 Å². The van der Waals surface area contributed by atoms with Crippen LogP contribution in [0.25, 0.3) is 5.69 Å². The molecule has 2 aromatic heterocycles. The molecule has 0 radical (unpaired) electrons. The van der Waals surface area contributed by atoms with Crippen LogP contribution in [0.5, 0.6) is 0 Å². The molecule has 0 fully saturated rings. The lowest BCUT2D eigenvalue weighted by molar-refractivity contribution is -0.120. The van der Waals surface area contributed by atoms with Crippen LogP contribution >= 0.6 is 11.3 Å². The van der Waals surface area contributed by atoms with Gasteiger partial charge in [-0.1, -0.05) is 19.1 Å². The number of hydrogen-bond acceptors (Lipinski definition) is 4. The number of aryl methyl sites for hydroxylation is 1. The van der Waals surface area contributed by atoms with Crippen molar-refractivity contribution in [2.24, 2.45) is 0 Å². The van der Waals surface area contributed by atoms with Crippen LogP contribution in [0.15, 0.2) is 48.9 Å². The molecule has 1 amide bonds. The highest BCUT2D eigenvalue weighted by molar-refractivity contribution is 7.11. The van der Waals surface area contributed by atoms with E-state index < -0.39 is 0 Å². The minimum atomic E-state index is 0.0362. The van der Waals surface area contributed by atoms with E-state index in [2.05, 4.69) is 22.3 Å². The summed E-state index contributed by atoms with van der Waals surface area (Å²) >= 11 is 1.72. The standard InChI is InChI=1S/C18H20N4OS/c1-2-16-13-20-18(24-16)8-10-19-17(23)12-14-4-6-15(7-5-14)22-11-3-9-21-22/h3-7,9,11,13H,2,8,10,12H2,1H3,(H,19,23). The molecule has 1 N–H and O–H groups in total. The summed E-state index contributed by atoms with van der Waals surface area (Å²) in [4.78, 5) is 17.7. The predicted octanol–water partition coefficient (Wildman–Crippen LogP) is 2.79. The van der Waals surface area contributed by atoms with Crippen molar-refractivity contribution in [1.82, 2.24) is 20.1 Å². The Morgan fingerprint density at radius 1 is 1.29 bits per heavy atom. The van der Waals surface area contributed by atoms with E-state index in [9.17, 15) is 4.79 Å². The summed E-state index contributed by atoms with van der Waals surface area (Å²) in [5.74, 6) is 0.0362. The first-order valence-electron chi connectivity index (χ1n) is 8.04. The number of nitrogens with one attached hydrogen (secondary N) is 1. The van der Waals surface area contributed by atoms with Crippen molar-refractivity contribution in [3.8, 4) is 5.69 Å². The van der Waals surface area contributed by atoms with E-state index in [4.69, 9.17) is 0 Å². The fraction of sp³-hybridized carbons (Fsp3) is 0.278. The van der Waals surface area contributed by atoms with Crippen molar-refractivity contribution in [3.05, 3.63) is 64.4 Å². The Morgan fingerprint density at radius 2 is 2.12 bits per heavy atom. The highest BCUT2D eigenvalue weighted by Gasteiger charge is 2.05. The van der Waals surface area contributed by atoms with E-state index in [1.807, 2.05) is 42.7 Å². The molecule has 0 aliphatic carbocycles. The summed E-state index contributed by atoms with van der Waals surface area (Å²) in [5, 5.41) is 8.23. The summed E-state index contributed by atoms with van der Waals surface area (Å²) in [5.41, 5.74) is 1.98. The van der Waals surface area contributed by atoms with Crippen molar-refractivity contribution >= 4 is 17.2 Å². The van der Waals surface area contributed by atoms with Crippen molar-refractivity contribution in [3.63, 3.8) is 0 Å². The zero-order valence-electron chi connectivity index (χ0n) is 13.6. The van der Waals surface area contributed by atoms with E-state index in [1.54, 1.807) is 22.2 Å². The first kappa shape index (κ1) is 16.4. The zero-order chi connectivity index (χ0) is 16.8. The van der Waals surface area contributed by atoms with Crippen LogP contribution < -0.4 is 5.32 Å². The summed E-state index contributed by atoms with van der Waals surface area (Å²) < 4.78 is 1.79. The van der Waals surface area contributed by atoms with Crippen LogP contribution in [-0.4, -0.2) is 27.2 Å². The lowest BCUT2D eigenvalue weighted by Crippen LogP contribution is -2.27. The fourth-order valence-electron chi connectivity index (χ4n) is 2.37. The second kappa shape index (κ2) is 7.88. The molecule has 2 heterocycles. The van der Waals surface area contributed by atoms with Crippen molar-refractivity contribution in [2.45, 2.75) is 26.2 Å². The molecule has 0 saturated carbocycles. The minimum absolute atomic E-state index is 0.0362. The van der Waals surface area contributed by atoms with Gasteiger partial charge < -0.3 is 5.32 Å². The number of nitrogens with zero attached hydrogens (tertiary/aromatic N) is 3. The van der Waals surface area contributed by atoms with Crippen LogP contribution in [-0.2, 0) is 24.1 Å². The molecule has 6 heteroatoms. The molecule has 5 nitrogen and oxygen atoms in total. The maximum atomic E-state index is 12.0. The van der Waals surface area contributed by atoms with E-state index in [1.165, 1.54) is 4.88 Å². The number of carbonyl (C=O) groups excluding carboxylic acids is 1. The Morgan fingerprint density at radius 3 is 2.79 bits per heavy atom. The lowest BCUT2D eigenvalue weighted by Gasteiger charge is -2.06. The summed E-state index contributed by atoms with van der Waals surface area (Å²) in [6.45, 7) is 2.75. The van der Waals surface area contributed by atoms with Gasteiger partial charge in [0, 0.05) is 36.4 Å². The number of aromatic nitrogens is 3. The van der Waals surface area contributed by atoms with Gasteiger partial charge >= 0.3 is 0 Å². The first-order valence-corrected chi connectivity index (χ1v) is 8.85. The van der Waals surface area contributed by atoms with Gasteiger partial charge in [0.05, 0.1) is 17.1 Å². The Hall–Kier alpha value is -2.47. The summed E-state index contributed by atoms with van der Waals surface area (Å²) in [6.07, 6.45) is 7.74. The van der Waals surface area contributed by atoms with Gasteiger partial charge in [-0.3, -0.25) is 4.79 Å². The van der Waals surface area contributed by atoms with Crippen LogP contribution in [0, 0.1) is 0 Å². The average Bonchev–Trinajstić information content (AvgIpc) is 3.27.